The number of aromatic nitrogens is 1. The zero-order valence-corrected chi connectivity index (χ0v) is 18.1. The van der Waals surface area contributed by atoms with E-state index in [2.05, 4.69) is 89.5 Å². The van der Waals surface area contributed by atoms with Gasteiger partial charge in [-0.3, -0.25) is 4.99 Å². The van der Waals surface area contributed by atoms with Crippen LogP contribution in [0.1, 0.15) is 32.8 Å². The molecule has 0 bridgehead atoms. The van der Waals surface area contributed by atoms with Gasteiger partial charge in [-0.2, -0.15) is 0 Å². The molecule has 0 aliphatic carbocycles. The summed E-state index contributed by atoms with van der Waals surface area (Å²) in [6, 6.07) is 8.57. The third-order valence-electron chi connectivity index (χ3n) is 5.44. The fourth-order valence-corrected chi connectivity index (χ4v) is 3.84. The molecule has 2 aliphatic rings. The first kappa shape index (κ1) is 20.0. The van der Waals surface area contributed by atoms with E-state index in [4.69, 9.17) is 0 Å². The molecule has 0 spiro atoms. The van der Waals surface area contributed by atoms with Crippen molar-refractivity contribution < 1.29 is 0 Å². The molecule has 0 unspecified atom stereocenters. The molecule has 0 saturated carbocycles. The summed E-state index contributed by atoms with van der Waals surface area (Å²) < 4.78 is 0. The van der Waals surface area contributed by atoms with Crippen LogP contribution in [0, 0.1) is 0 Å². The van der Waals surface area contributed by atoms with Crippen LogP contribution in [0.3, 0.4) is 0 Å². The van der Waals surface area contributed by atoms with Gasteiger partial charge in [-0.15, -0.1) is 0 Å². The minimum Gasteiger partial charge on any atom is -0.351 e. The number of allylic oxidation sites excluding steroid dienone is 2. The van der Waals surface area contributed by atoms with Crippen LogP contribution in [0.4, 0.5) is 5.82 Å². The fraction of sp³-hybridized carbons (Fsp3) is 0.280. The van der Waals surface area contributed by atoms with E-state index < -0.39 is 0 Å². The lowest BCUT2D eigenvalue weighted by atomic mass is 10.0. The third-order valence-corrected chi connectivity index (χ3v) is 5.44. The number of pyridine rings is 1. The quantitative estimate of drug-likeness (QED) is 0.733. The van der Waals surface area contributed by atoms with Gasteiger partial charge in [0.25, 0.3) is 0 Å². The SMILES string of the molecule is C=C1CN(C(=C)Nc2cc3cc(C4=CN=C(C)C4)ccc3cn2)CCN1C=C(C)C. The molecule has 5 nitrogen and oxygen atoms in total. The first-order valence-corrected chi connectivity index (χ1v) is 10.3. The van der Waals surface area contributed by atoms with Crippen LogP contribution in [0.15, 0.2) is 78.1 Å². The Morgan fingerprint density at radius 1 is 1.17 bits per heavy atom. The van der Waals surface area contributed by atoms with Crippen LogP contribution >= 0.6 is 0 Å². The van der Waals surface area contributed by atoms with Crippen LogP contribution in [-0.4, -0.2) is 40.1 Å². The summed E-state index contributed by atoms with van der Waals surface area (Å²) in [6.45, 7) is 17.3. The second-order valence-electron chi connectivity index (χ2n) is 8.29. The zero-order chi connectivity index (χ0) is 21.3. The molecule has 3 heterocycles. The van der Waals surface area contributed by atoms with Crippen LogP contribution in [0.25, 0.3) is 16.3 Å². The Hall–Kier alpha value is -3.34. The van der Waals surface area contributed by atoms with Gasteiger partial charge < -0.3 is 15.1 Å². The minimum atomic E-state index is 0.751. The van der Waals surface area contributed by atoms with E-state index in [1.54, 1.807) is 0 Å². The monoisotopic (exact) mass is 399 g/mol. The summed E-state index contributed by atoms with van der Waals surface area (Å²) >= 11 is 0. The first-order chi connectivity index (χ1) is 14.4. The van der Waals surface area contributed by atoms with Crippen LogP contribution in [0.2, 0.25) is 0 Å². The van der Waals surface area contributed by atoms with Crippen LogP contribution < -0.4 is 5.32 Å². The number of aliphatic imine (C=N–C) groups is 1. The summed E-state index contributed by atoms with van der Waals surface area (Å²) in [5.41, 5.74) is 5.98. The number of fused-ring (bicyclic) bond motifs is 1. The lowest BCUT2D eigenvalue weighted by molar-refractivity contribution is 0.255. The van der Waals surface area contributed by atoms with Gasteiger partial charge in [0, 0.05) is 54.9 Å². The maximum absolute atomic E-state index is 4.58. The molecule has 1 aromatic carbocycles. The molecule has 4 rings (SSSR count). The second-order valence-corrected chi connectivity index (χ2v) is 8.29. The molecule has 2 aromatic rings. The van der Waals surface area contributed by atoms with Crippen LogP contribution in [-0.2, 0) is 0 Å². The van der Waals surface area contributed by atoms with Crippen molar-refractivity contribution in [2.75, 3.05) is 25.0 Å². The van der Waals surface area contributed by atoms with E-state index in [9.17, 15) is 0 Å². The molecule has 0 amide bonds. The van der Waals surface area contributed by atoms with Gasteiger partial charge in [0.15, 0.2) is 0 Å². The normalized spacial score (nSPS) is 16.4. The van der Waals surface area contributed by atoms with Crippen molar-refractivity contribution in [2.24, 2.45) is 4.99 Å². The number of nitrogens with one attached hydrogen (secondary N) is 1. The van der Waals surface area contributed by atoms with E-state index in [0.29, 0.717) is 0 Å². The zero-order valence-electron chi connectivity index (χ0n) is 18.1. The molecule has 1 aromatic heterocycles. The lowest BCUT2D eigenvalue weighted by Gasteiger charge is -2.38. The Balaban J connectivity index is 1.46. The smallest absolute Gasteiger partial charge is 0.131 e. The highest BCUT2D eigenvalue weighted by Gasteiger charge is 2.19. The van der Waals surface area contributed by atoms with Crippen molar-refractivity contribution in [3.05, 3.63) is 78.7 Å². The van der Waals surface area contributed by atoms with Crippen molar-refractivity contribution in [1.82, 2.24) is 14.8 Å². The highest BCUT2D eigenvalue weighted by atomic mass is 15.3. The molecule has 1 N–H and O–H groups in total. The Bertz CT molecular complexity index is 1100. The number of rotatable bonds is 5. The minimum absolute atomic E-state index is 0.751. The van der Waals surface area contributed by atoms with Gasteiger partial charge in [-0.1, -0.05) is 30.9 Å². The number of anilines is 1. The van der Waals surface area contributed by atoms with Gasteiger partial charge >= 0.3 is 0 Å². The molecular weight excluding hydrogens is 370 g/mol. The number of nitrogens with zero attached hydrogens (tertiary/aromatic N) is 4. The molecule has 1 saturated heterocycles. The summed E-state index contributed by atoms with van der Waals surface area (Å²) in [7, 11) is 0. The van der Waals surface area contributed by atoms with Gasteiger partial charge in [0.1, 0.15) is 5.82 Å². The Morgan fingerprint density at radius 3 is 2.70 bits per heavy atom. The molecule has 2 aliphatic heterocycles. The van der Waals surface area contributed by atoms with Gasteiger partial charge in [-0.25, -0.2) is 4.98 Å². The fourth-order valence-electron chi connectivity index (χ4n) is 3.84. The summed E-state index contributed by atoms with van der Waals surface area (Å²) in [5.74, 6) is 1.65. The van der Waals surface area contributed by atoms with Crippen molar-refractivity contribution >= 4 is 27.9 Å². The molecule has 30 heavy (non-hydrogen) atoms. The molecule has 154 valence electrons. The van der Waals surface area contributed by atoms with E-state index >= 15 is 0 Å². The number of piperazine rings is 1. The Kier molecular flexibility index (Phi) is 5.44. The van der Waals surface area contributed by atoms with Crippen molar-refractivity contribution in [3.8, 4) is 0 Å². The largest absolute Gasteiger partial charge is 0.351 e. The van der Waals surface area contributed by atoms with Gasteiger partial charge in [-0.05, 0) is 49.4 Å². The van der Waals surface area contributed by atoms with Crippen molar-refractivity contribution in [3.63, 3.8) is 0 Å². The number of benzene rings is 1. The van der Waals surface area contributed by atoms with Gasteiger partial charge in [0.05, 0.1) is 12.4 Å². The molecule has 0 radical (unpaired) electrons. The number of hydrogen-bond acceptors (Lipinski definition) is 5. The summed E-state index contributed by atoms with van der Waals surface area (Å²) in [6.07, 6.45) is 6.96. The Morgan fingerprint density at radius 2 is 2.00 bits per heavy atom. The van der Waals surface area contributed by atoms with Gasteiger partial charge in [0.2, 0.25) is 0 Å². The van der Waals surface area contributed by atoms with Crippen molar-refractivity contribution in [1.29, 1.82) is 0 Å². The topological polar surface area (TPSA) is 43.8 Å². The Labute approximate surface area is 178 Å². The second kappa shape index (κ2) is 8.19. The van der Waals surface area contributed by atoms with Crippen molar-refractivity contribution in [2.45, 2.75) is 27.2 Å². The first-order valence-electron chi connectivity index (χ1n) is 10.3. The summed E-state index contributed by atoms with van der Waals surface area (Å²) in [4.78, 5) is 13.4. The molecule has 0 atom stereocenters. The third kappa shape index (κ3) is 4.30. The number of hydrogen-bond donors (Lipinski definition) is 1. The van der Waals surface area contributed by atoms with E-state index in [1.807, 2.05) is 12.4 Å². The maximum atomic E-state index is 4.58. The van der Waals surface area contributed by atoms with E-state index in [-0.39, 0.29) is 0 Å². The average Bonchev–Trinajstić information content (AvgIpc) is 3.15. The lowest BCUT2D eigenvalue weighted by Crippen LogP contribution is -2.42. The van der Waals surface area contributed by atoms with E-state index in [0.717, 1.165) is 59.9 Å². The molecule has 5 heteroatoms. The molecule has 1 fully saturated rings. The maximum Gasteiger partial charge on any atom is 0.131 e. The average molecular weight is 400 g/mol. The molecular formula is C25H29N5. The predicted molar refractivity (Wildman–Crippen MR) is 127 cm³/mol. The predicted octanol–water partition coefficient (Wildman–Crippen LogP) is 5.38. The van der Waals surface area contributed by atoms with Crippen LogP contribution in [0.5, 0.6) is 0 Å². The highest BCUT2D eigenvalue weighted by Crippen LogP contribution is 2.28. The standard InChI is InChI=1S/C25H29N5/c1-17(2)15-29-8-9-30(16-19(29)4)20(5)28-25-12-23-11-21(6-7-22(23)13-27-25)24-10-18(3)26-14-24/h6-7,11-15H,4-5,8-10,16H2,1-3H3,(H,27,28). The summed E-state index contributed by atoms with van der Waals surface area (Å²) in [5, 5.41) is 5.66. The van der Waals surface area contributed by atoms with E-state index in [1.165, 1.54) is 16.7 Å². The highest BCUT2D eigenvalue weighted by molar-refractivity contribution is 5.98.